The first-order valence-corrected chi connectivity index (χ1v) is 9.05. The van der Waals surface area contributed by atoms with E-state index in [0.29, 0.717) is 38.2 Å². The number of hydrogen-bond acceptors (Lipinski definition) is 5. The van der Waals surface area contributed by atoms with Crippen LogP contribution in [-0.2, 0) is 14.8 Å². The summed E-state index contributed by atoms with van der Waals surface area (Å²) in [6.45, 7) is 1.40. The number of nitrogens with one attached hydrogen (secondary N) is 1. The minimum Gasteiger partial charge on any atom is -0.497 e. The van der Waals surface area contributed by atoms with Gasteiger partial charge in [-0.3, -0.25) is 4.79 Å². The molecule has 2 rings (SSSR count). The first-order valence-electron chi connectivity index (χ1n) is 7.61. The molecule has 1 amide bonds. The van der Waals surface area contributed by atoms with Crippen LogP contribution in [0.3, 0.4) is 0 Å². The van der Waals surface area contributed by atoms with Crippen LogP contribution in [0.2, 0.25) is 0 Å². The summed E-state index contributed by atoms with van der Waals surface area (Å²) in [5.74, 6) is 0.134. The molecule has 7 nitrogen and oxygen atoms in total. The van der Waals surface area contributed by atoms with E-state index in [1.807, 2.05) is 0 Å². The zero-order chi connectivity index (χ0) is 16.9. The molecule has 1 aromatic carbocycles. The van der Waals surface area contributed by atoms with Gasteiger partial charge in [-0.05, 0) is 37.1 Å². The van der Waals surface area contributed by atoms with Crippen LogP contribution in [-0.4, -0.2) is 51.9 Å². The van der Waals surface area contributed by atoms with Gasteiger partial charge >= 0.3 is 0 Å². The average molecular weight is 341 g/mol. The lowest BCUT2D eigenvalue weighted by atomic mass is 9.99. The lowest BCUT2D eigenvalue weighted by molar-refractivity contribution is -0.126. The highest BCUT2D eigenvalue weighted by Crippen LogP contribution is 2.25. The predicted octanol–water partition coefficient (Wildman–Crippen LogP) is 0.171. The van der Waals surface area contributed by atoms with E-state index >= 15 is 0 Å². The first kappa shape index (κ1) is 17.7. The maximum absolute atomic E-state index is 12.7. The second-order valence-electron chi connectivity index (χ2n) is 5.46. The molecule has 0 saturated carbocycles. The van der Waals surface area contributed by atoms with Gasteiger partial charge in [0.25, 0.3) is 0 Å². The number of benzene rings is 1. The smallest absolute Gasteiger partial charge is 0.243 e. The summed E-state index contributed by atoms with van der Waals surface area (Å²) < 4.78 is 31.8. The summed E-state index contributed by atoms with van der Waals surface area (Å²) in [5.41, 5.74) is 5.37. The summed E-state index contributed by atoms with van der Waals surface area (Å²) in [6, 6.07) is 6.27. The molecule has 8 heteroatoms. The maximum Gasteiger partial charge on any atom is 0.243 e. The molecule has 0 aliphatic carbocycles. The number of carbonyl (C=O) groups excluding carboxylic acids is 1. The van der Waals surface area contributed by atoms with Crippen molar-refractivity contribution in [2.75, 3.05) is 33.3 Å². The number of rotatable bonds is 6. The molecule has 1 heterocycles. The van der Waals surface area contributed by atoms with Gasteiger partial charge in [0.1, 0.15) is 5.75 Å². The maximum atomic E-state index is 12.7. The molecule has 1 atom stereocenters. The Kier molecular flexibility index (Phi) is 5.97. The molecule has 23 heavy (non-hydrogen) atoms. The quantitative estimate of drug-likeness (QED) is 0.768. The largest absolute Gasteiger partial charge is 0.497 e. The third-order valence-corrected chi connectivity index (χ3v) is 5.78. The number of methoxy groups -OCH3 is 1. The van der Waals surface area contributed by atoms with Gasteiger partial charge in [0.15, 0.2) is 0 Å². The number of ether oxygens (including phenoxy) is 1. The van der Waals surface area contributed by atoms with Gasteiger partial charge in [0, 0.05) is 26.2 Å². The number of piperidine rings is 1. The number of hydrogen-bond donors (Lipinski definition) is 2. The molecular weight excluding hydrogens is 318 g/mol. The molecule has 0 aromatic heterocycles. The Labute approximate surface area is 136 Å². The lowest BCUT2D eigenvalue weighted by Crippen LogP contribution is -2.46. The Morgan fingerprint density at radius 3 is 2.70 bits per heavy atom. The normalized spacial score (nSPS) is 19.3. The molecular formula is C15H23N3O4S. The monoisotopic (exact) mass is 341 g/mol. The fraction of sp³-hybridized carbons (Fsp3) is 0.533. The van der Waals surface area contributed by atoms with Crippen LogP contribution >= 0.6 is 0 Å². The van der Waals surface area contributed by atoms with Crippen LogP contribution in [0, 0.1) is 5.92 Å². The lowest BCUT2D eigenvalue weighted by Gasteiger charge is -2.31. The van der Waals surface area contributed by atoms with E-state index in [1.54, 1.807) is 12.1 Å². The third kappa shape index (κ3) is 4.21. The van der Waals surface area contributed by atoms with Gasteiger partial charge in [-0.15, -0.1) is 0 Å². The van der Waals surface area contributed by atoms with Crippen LogP contribution in [0.4, 0.5) is 0 Å². The Morgan fingerprint density at radius 1 is 1.39 bits per heavy atom. The minimum absolute atomic E-state index is 0.134. The van der Waals surface area contributed by atoms with E-state index in [2.05, 4.69) is 5.32 Å². The summed E-state index contributed by atoms with van der Waals surface area (Å²) in [5, 5.41) is 2.73. The highest BCUT2D eigenvalue weighted by Gasteiger charge is 2.33. The zero-order valence-corrected chi connectivity index (χ0v) is 14.0. The van der Waals surface area contributed by atoms with Crippen molar-refractivity contribution in [3.05, 3.63) is 24.3 Å². The predicted molar refractivity (Wildman–Crippen MR) is 86.5 cm³/mol. The number of nitrogens with zero attached hydrogens (tertiary/aromatic N) is 1. The van der Waals surface area contributed by atoms with Crippen molar-refractivity contribution in [2.24, 2.45) is 11.7 Å². The number of amides is 1. The molecule has 1 aliphatic heterocycles. The van der Waals surface area contributed by atoms with Crippen LogP contribution in [0.25, 0.3) is 0 Å². The molecule has 0 bridgehead atoms. The molecule has 1 fully saturated rings. The SMILES string of the molecule is COc1ccc(S(=O)(=O)N2CCCC(C(=O)NCCN)C2)cc1. The van der Waals surface area contributed by atoms with Gasteiger partial charge in [-0.25, -0.2) is 8.42 Å². The second kappa shape index (κ2) is 7.76. The number of sulfonamides is 1. The van der Waals surface area contributed by atoms with Gasteiger partial charge in [0.2, 0.25) is 15.9 Å². The number of carbonyl (C=O) groups is 1. The van der Waals surface area contributed by atoms with E-state index in [-0.39, 0.29) is 23.3 Å². The van der Waals surface area contributed by atoms with Crippen molar-refractivity contribution in [1.29, 1.82) is 0 Å². The summed E-state index contributed by atoms with van der Waals surface area (Å²) in [6.07, 6.45) is 1.35. The van der Waals surface area contributed by atoms with E-state index in [9.17, 15) is 13.2 Å². The Balaban J connectivity index is 2.10. The Morgan fingerprint density at radius 2 is 2.09 bits per heavy atom. The highest BCUT2D eigenvalue weighted by atomic mass is 32.2. The van der Waals surface area contributed by atoms with Crippen molar-refractivity contribution >= 4 is 15.9 Å². The standard InChI is InChI=1S/C15H23N3O4S/c1-22-13-4-6-14(7-5-13)23(20,21)18-10-2-3-12(11-18)15(19)17-9-8-16/h4-7,12H,2-3,8-11,16H2,1H3,(H,17,19). The topological polar surface area (TPSA) is 102 Å². The fourth-order valence-electron chi connectivity index (χ4n) is 2.61. The van der Waals surface area contributed by atoms with Crippen molar-refractivity contribution in [1.82, 2.24) is 9.62 Å². The third-order valence-electron chi connectivity index (χ3n) is 3.90. The first-order chi connectivity index (χ1) is 11.0. The van der Waals surface area contributed by atoms with E-state index in [4.69, 9.17) is 10.5 Å². The molecule has 0 spiro atoms. The van der Waals surface area contributed by atoms with Gasteiger partial charge in [-0.2, -0.15) is 4.31 Å². The van der Waals surface area contributed by atoms with Crippen LogP contribution in [0.5, 0.6) is 5.75 Å². The van der Waals surface area contributed by atoms with E-state index in [1.165, 1.54) is 23.5 Å². The molecule has 1 aliphatic rings. The van der Waals surface area contributed by atoms with Crippen molar-refractivity contribution in [3.63, 3.8) is 0 Å². The summed E-state index contributed by atoms with van der Waals surface area (Å²) in [4.78, 5) is 12.3. The van der Waals surface area contributed by atoms with E-state index in [0.717, 1.165) is 0 Å². The molecule has 3 N–H and O–H groups in total. The second-order valence-corrected chi connectivity index (χ2v) is 7.40. The number of nitrogens with two attached hydrogens (primary N) is 1. The highest BCUT2D eigenvalue weighted by molar-refractivity contribution is 7.89. The Bertz CT molecular complexity index is 631. The van der Waals surface area contributed by atoms with Crippen LogP contribution in [0.1, 0.15) is 12.8 Å². The summed E-state index contributed by atoms with van der Waals surface area (Å²) >= 11 is 0. The molecule has 1 saturated heterocycles. The van der Waals surface area contributed by atoms with Crippen molar-refractivity contribution in [2.45, 2.75) is 17.7 Å². The van der Waals surface area contributed by atoms with Gasteiger partial charge < -0.3 is 15.8 Å². The van der Waals surface area contributed by atoms with Gasteiger partial charge in [0.05, 0.1) is 17.9 Å². The molecule has 1 unspecified atom stereocenters. The van der Waals surface area contributed by atoms with Crippen LogP contribution < -0.4 is 15.8 Å². The minimum atomic E-state index is -3.60. The summed E-state index contributed by atoms with van der Waals surface area (Å²) in [7, 11) is -2.07. The van der Waals surface area contributed by atoms with Crippen molar-refractivity contribution in [3.8, 4) is 5.75 Å². The van der Waals surface area contributed by atoms with Crippen molar-refractivity contribution < 1.29 is 17.9 Å². The molecule has 1 aromatic rings. The van der Waals surface area contributed by atoms with Gasteiger partial charge in [-0.1, -0.05) is 0 Å². The molecule has 0 radical (unpaired) electrons. The average Bonchev–Trinajstić information content (AvgIpc) is 2.59. The fourth-order valence-corrected chi connectivity index (χ4v) is 4.14. The Hall–Kier alpha value is -1.64. The zero-order valence-electron chi connectivity index (χ0n) is 13.2. The molecule has 128 valence electrons. The van der Waals surface area contributed by atoms with E-state index < -0.39 is 10.0 Å². The van der Waals surface area contributed by atoms with Crippen LogP contribution in [0.15, 0.2) is 29.2 Å².